The van der Waals surface area contributed by atoms with E-state index in [0.29, 0.717) is 10.4 Å². The standard InChI is InChI=1S/C21H24N2O3S3/c1-5-12-23-18-11-8-16(27-4)13-19(18)28-21(23)22-20(24)15-6-9-17(10-7-15)29(25,26)14(2)3/h6-11,13-14H,5,12H2,1-4H3. The number of benzene rings is 2. The predicted octanol–water partition coefficient (Wildman–Crippen LogP) is 4.76. The van der Waals surface area contributed by atoms with Crippen LogP contribution in [0.5, 0.6) is 0 Å². The Morgan fingerprint density at radius 2 is 1.86 bits per heavy atom. The average molecular weight is 449 g/mol. The predicted molar refractivity (Wildman–Crippen MR) is 121 cm³/mol. The monoisotopic (exact) mass is 448 g/mol. The lowest BCUT2D eigenvalue weighted by Gasteiger charge is -2.07. The van der Waals surface area contributed by atoms with Gasteiger partial charge >= 0.3 is 0 Å². The molecule has 2 aromatic carbocycles. The summed E-state index contributed by atoms with van der Waals surface area (Å²) < 4.78 is 27.7. The summed E-state index contributed by atoms with van der Waals surface area (Å²) in [5.41, 5.74) is 1.44. The Hall–Kier alpha value is -1.90. The molecule has 154 valence electrons. The Morgan fingerprint density at radius 3 is 2.45 bits per heavy atom. The third-order valence-electron chi connectivity index (χ3n) is 4.58. The van der Waals surface area contributed by atoms with E-state index in [1.807, 2.05) is 6.26 Å². The molecule has 0 atom stereocenters. The second-order valence-electron chi connectivity index (χ2n) is 6.91. The van der Waals surface area contributed by atoms with E-state index in [1.165, 1.54) is 40.5 Å². The van der Waals surface area contributed by atoms with Crippen LogP contribution < -0.4 is 4.80 Å². The lowest BCUT2D eigenvalue weighted by Crippen LogP contribution is -2.17. The highest BCUT2D eigenvalue weighted by atomic mass is 32.2. The first-order chi connectivity index (χ1) is 13.8. The van der Waals surface area contributed by atoms with Gasteiger partial charge < -0.3 is 4.57 Å². The number of aryl methyl sites for hydroxylation is 1. The number of carbonyl (C=O) groups is 1. The van der Waals surface area contributed by atoms with E-state index in [-0.39, 0.29) is 10.8 Å². The molecule has 3 aromatic rings. The number of aromatic nitrogens is 1. The van der Waals surface area contributed by atoms with E-state index < -0.39 is 15.1 Å². The lowest BCUT2D eigenvalue weighted by molar-refractivity contribution is 0.0997. The normalized spacial score (nSPS) is 12.8. The van der Waals surface area contributed by atoms with E-state index in [9.17, 15) is 13.2 Å². The fourth-order valence-electron chi connectivity index (χ4n) is 2.92. The summed E-state index contributed by atoms with van der Waals surface area (Å²) >= 11 is 3.17. The topological polar surface area (TPSA) is 68.5 Å². The van der Waals surface area contributed by atoms with E-state index in [2.05, 4.69) is 34.7 Å². The molecule has 1 amide bonds. The quantitative estimate of drug-likeness (QED) is 0.510. The molecule has 0 unspecified atom stereocenters. The van der Waals surface area contributed by atoms with Crippen LogP contribution in [0.25, 0.3) is 10.2 Å². The Labute approximate surface area is 179 Å². The van der Waals surface area contributed by atoms with Crippen molar-refractivity contribution in [2.24, 2.45) is 4.99 Å². The third-order valence-corrected chi connectivity index (χ3v) is 8.52. The molecule has 3 rings (SSSR count). The van der Waals surface area contributed by atoms with Crippen LogP contribution >= 0.6 is 23.1 Å². The molecule has 5 nitrogen and oxygen atoms in total. The minimum Gasteiger partial charge on any atom is -0.316 e. The van der Waals surface area contributed by atoms with Crippen LogP contribution in [0.4, 0.5) is 0 Å². The van der Waals surface area contributed by atoms with Crippen LogP contribution in [0.1, 0.15) is 37.6 Å². The van der Waals surface area contributed by atoms with Gasteiger partial charge in [-0.25, -0.2) is 8.42 Å². The molecule has 8 heteroatoms. The van der Waals surface area contributed by atoms with Crippen LogP contribution in [0.2, 0.25) is 0 Å². The van der Waals surface area contributed by atoms with Gasteiger partial charge in [0.1, 0.15) is 0 Å². The molecule has 0 N–H and O–H groups in total. The van der Waals surface area contributed by atoms with Crippen molar-refractivity contribution >= 4 is 49.1 Å². The van der Waals surface area contributed by atoms with E-state index in [1.54, 1.807) is 25.6 Å². The van der Waals surface area contributed by atoms with Crippen molar-refractivity contribution in [2.45, 2.75) is 48.8 Å². The first kappa shape index (κ1) is 21.8. The number of thioether (sulfide) groups is 1. The van der Waals surface area contributed by atoms with Gasteiger partial charge in [-0.2, -0.15) is 4.99 Å². The van der Waals surface area contributed by atoms with Gasteiger partial charge in [0, 0.05) is 17.0 Å². The molecule has 0 bridgehead atoms. The maximum absolute atomic E-state index is 12.7. The van der Waals surface area contributed by atoms with Gasteiger partial charge in [-0.1, -0.05) is 18.3 Å². The average Bonchev–Trinajstić information content (AvgIpc) is 3.04. The molecule has 0 aliphatic carbocycles. The summed E-state index contributed by atoms with van der Waals surface area (Å²) in [4.78, 5) is 19.1. The summed E-state index contributed by atoms with van der Waals surface area (Å²) in [5, 5.41) is -0.508. The second-order valence-corrected chi connectivity index (χ2v) is 11.3. The number of sulfone groups is 1. The highest BCUT2D eigenvalue weighted by molar-refractivity contribution is 7.98. The molecule has 0 spiro atoms. The van der Waals surface area contributed by atoms with Gasteiger partial charge in [0.25, 0.3) is 5.91 Å². The van der Waals surface area contributed by atoms with Gasteiger partial charge in [-0.15, -0.1) is 11.8 Å². The van der Waals surface area contributed by atoms with Gasteiger partial charge in [-0.05, 0) is 69.0 Å². The van der Waals surface area contributed by atoms with E-state index in [4.69, 9.17) is 0 Å². The maximum Gasteiger partial charge on any atom is 0.279 e. The van der Waals surface area contributed by atoms with Gasteiger partial charge in [0.15, 0.2) is 14.6 Å². The Kier molecular flexibility index (Phi) is 6.65. The van der Waals surface area contributed by atoms with Gasteiger partial charge in [-0.3, -0.25) is 4.79 Å². The number of hydrogen-bond donors (Lipinski definition) is 0. The van der Waals surface area contributed by atoms with Crippen molar-refractivity contribution < 1.29 is 13.2 Å². The molecule has 0 saturated heterocycles. The molecule has 0 aliphatic rings. The highest BCUT2D eigenvalue weighted by Gasteiger charge is 2.19. The Balaban J connectivity index is 2.02. The highest BCUT2D eigenvalue weighted by Crippen LogP contribution is 2.24. The second kappa shape index (κ2) is 8.85. The zero-order valence-corrected chi connectivity index (χ0v) is 19.3. The molecular weight excluding hydrogens is 424 g/mol. The number of hydrogen-bond acceptors (Lipinski definition) is 5. The largest absolute Gasteiger partial charge is 0.316 e. The van der Waals surface area contributed by atoms with Crippen LogP contribution in [-0.2, 0) is 16.4 Å². The summed E-state index contributed by atoms with van der Waals surface area (Å²) in [7, 11) is -3.36. The van der Waals surface area contributed by atoms with Crippen molar-refractivity contribution in [3.63, 3.8) is 0 Å². The minimum atomic E-state index is -3.36. The molecule has 1 aromatic heterocycles. The van der Waals surface area contributed by atoms with Crippen molar-refractivity contribution in [3.8, 4) is 0 Å². The lowest BCUT2D eigenvalue weighted by atomic mass is 10.2. The van der Waals surface area contributed by atoms with Crippen LogP contribution in [0.15, 0.2) is 57.2 Å². The molecule has 0 fully saturated rings. The molecule has 29 heavy (non-hydrogen) atoms. The van der Waals surface area contributed by atoms with Crippen molar-refractivity contribution in [2.75, 3.05) is 6.26 Å². The Morgan fingerprint density at radius 1 is 1.17 bits per heavy atom. The van der Waals surface area contributed by atoms with Gasteiger partial charge in [0.2, 0.25) is 0 Å². The fourth-order valence-corrected chi connectivity index (χ4v) is 5.58. The van der Waals surface area contributed by atoms with Crippen molar-refractivity contribution in [1.82, 2.24) is 4.57 Å². The van der Waals surface area contributed by atoms with Crippen molar-refractivity contribution in [1.29, 1.82) is 0 Å². The van der Waals surface area contributed by atoms with Gasteiger partial charge in [0.05, 0.1) is 20.4 Å². The molecule has 0 saturated carbocycles. The molecule has 0 aliphatic heterocycles. The first-order valence-electron chi connectivity index (χ1n) is 9.38. The third kappa shape index (κ3) is 4.49. The zero-order chi connectivity index (χ0) is 21.2. The van der Waals surface area contributed by atoms with Crippen LogP contribution in [0, 0.1) is 0 Å². The summed E-state index contributed by atoms with van der Waals surface area (Å²) in [6.45, 7) is 6.14. The van der Waals surface area contributed by atoms with Crippen LogP contribution in [-0.4, -0.2) is 30.4 Å². The summed E-state index contributed by atoms with van der Waals surface area (Å²) in [6, 6.07) is 12.3. The number of rotatable bonds is 6. The summed E-state index contributed by atoms with van der Waals surface area (Å²) in [5.74, 6) is -0.375. The molecule has 1 heterocycles. The smallest absolute Gasteiger partial charge is 0.279 e. The minimum absolute atomic E-state index is 0.219. The summed E-state index contributed by atoms with van der Waals surface area (Å²) in [6.07, 6.45) is 2.96. The molecular formula is C21H24N2O3S3. The first-order valence-corrected chi connectivity index (χ1v) is 13.0. The van der Waals surface area contributed by atoms with Crippen LogP contribution in [0.3, 0.4) is 0 Å². The number of thiazole rings is 1. The van der Waals surface area contributed by atoms with Crippen molar-refractivity contribution in [3.05, 3.63) is 52.8 Å². The SMILES string of the molecule is CCCn1c(=NC(=O)c2ccc(S(=O)(=O)C(C)C)cc2)sc2cc(SC)ccc21. The van der Waals surface area contributed by atoms with E-state index >= 15 is 0 Å². The fraction of sp³-hybridized carbons (Fsp3) is 0.333. The Bertz CT molecular complexity index is 1200. The maximum atomic E-state index is 12.7. The molecule has 0 radical (unpaired) electrons. The number of amides is 1. The number of fused-ring (bicyclic) bond motifs is 1. The number of nitrogens with zero attached hydrogens (tertiary/aromatic N) is 2. The zero-order valence-electron chi connectivity index (χ0n) is 16.9. The number of carbonyl (C=O) groups excluding carboxylic acids is 1. The van der Waals surface area contributed by atoms with E-state index in [0.717, 1.165) is 23.2 Å².